The molecule has 2 unspecified atom stereocenters. The van der Waals surface area contributed by atoms with E-state index < -0.39 is 16.0 Å². The summed E-state index contributed by atoms with van der Waals surface area (Å²) in [4.78, 5) is 12.2. The number of methoxy groups -OCH3 is 1. The first kappa shape index (κ1) is 15.9. The number of ether oxygens (including phenoxy) is 1. The number of halogens is 1. The monoisotopic (exact) mass is 304 g/mol. The highest BCUT2D eigenvalue weighted by molar-refractivity contribution is 7.86. The van der Waals surface area contributed by atoms with Crippen molar-refractivity contribution in [1.29, 1.82) is 0 Å². The summed E-state index contributed by atoms with van der Waals surface area (Å²) in [7, 11) is -0.00575. The Kier molecular flexibility index (Phi) is 6.27. The molecular formula is C12H17ClN2O3S. The second kappa shape index (κ2) is 7.47. The number of anilines is 1. The maximum absolute atomic E-state index is 12.3. The predicted molar refractivity (Wildman–Crippen MR) is 76.6 cm³/mol. The van der Waals surface area contributed by atoms with E-state index in [0.717, 1.165) is 0 Å². The van der Waals surface area contributed by atoms with Gasteiger partial charge in [0.1, 0.15) is 5.25 Å². The third kappa shape index (κ3) is 4.49. The summed E-state index contributed by atoms with van der Waals surface area (Å²) in [5.74, 6) is -0.310. The predicted octanol–water partition coefficient (Wildman–Crippen LogP) is 1.18. The first-order chi connectivity index (χ1) is 8.97. The van der Waals surface area contributed by atoms with Crippen molar-refractivity contribution >= 4 is 34.0 Å². The van der Waals surface area contributed by atoms with Crippen LogP contribution >= 0.6 is 11.6 Å². The number of amides is 1. The van der Waals surface area contributed by atoms with Gasteiger partial charge in [0.05, 0.1) is 22.3 Å². The number of hydrogen-bond donors (Lipinski definition) is 2. The largest absolute Gasteiger partial charge is 0.398 e. The quantitative estimate of drug-likeness (QED) is 0.611. The number of carbonyl (C=O) groups excluding carboxylic acids is 1. The fourth-order valence-corrected chi connectivity index (χ4v) is 2.83. The summed E-state index contributed by atoms with van der Waals surface area (Å²) < 4.78 is 17.1. The first-order valence-electron chi connectivity index (χ1n) is 5.69. The maximum Gasteiger partial charge on any atom is 0.235 e. The molecule has 0 bridgehead atoms. The van der Waals surface area contributed by atoms with Crippen molar-refractivity contribution in [2.45, 2.75) is 17.1 Å². The van der Waals surface area contributed by atoms with E-state index in [-0.39, 0.29) is 5.91 Å². The van der Waals surface area contributed by atoms with Gasteiger partial charge in [0, 0.05) is 24.4 Å². The Bertz CT molecular complexity index is 482. The lowest BCUT2D eigenvalue weighted by molar-refractivity contribution is -0.120. The van der Waals surface area contributed by atoms with Crippen molar-refractivity contribution < 1.29 is 13.7 Å². The van der Waals surface area contributed by atoms with Crippen molar-refractivity contribution in [3.63, 3.8) is 0 Å². The van der Waals surface area contributed by atoms with Gasteiger partial charge in [0.25, 0.3) is 0 Å². The Balaban J connectivity index is 2.76. The average molecular weight is 305 g/mol. The second-order valence-electron chi connectivity index (χ2n) is 3.91. The molecule has 5 nitrogen and oxygen atoms in total. The number of nitrogens with two attached hydrogens (primary N) is 1. The molecular weight excluding hydrogens is 288 g/mol. The topological polar surface area (TPSA) is 81.4 Å². The number of hydrogen-bond acceptors (Lipinski definition) is 4. The number of benzene rings is 1. The summed E-state index contributed by atoms with van der Waals surface area (Å²) in [6.07, 6.45) is 0. The van der Waals surface area contributed by atoms with Crippen LogP contribution in [0.3, 0.4) is 0 Å². The smallest absolute Gasteiger partial charge is 0.235 e. The van der Waals surface area contributed by atoms with E-state index in [0.29, 0.717) is 28.8 Å². The van der Waals surface area contributed by atoms with Gasteiger partial charge in [-0.3, -0.25) is 9.00 Å². The molecule has 2 atom stereocenters. The van der Waals surface area contributed by atoms with Crippen LogP contribution in [-0.4, -0.2) is 35.6 Å². The molecule has 1 aromatic rings. The molecule has 1 aromatic carbocycles. The summed E-state index contributed by atoms with van der Waals surface area (Å²) in [6, 6.07) is 4.71. The average Bonchev–Trinajstić information content (AvgIpc) is 2.40. The van der Waals surface area contributed by atoms with Gasteiger partial charge < -0.3 is 15.8 Å². The molecule has 1 amide bonds. The Labute approximate surface area is 119 Å². The van der Waals surface area contributed by atoms with Gasteiger partial charge in [-0.05, 0) is 25.1 Å². The van der Waals surface area contributed by atoms with E-state index in [2.05, 4.69) is 5.32 Å². The Morgan fingerprint density at radius 2 is 2.26 bits per heavy atom. The van der Waals surface area contributed by atoms with Crippen LogP contribution in [0.15, 0.2) is 23.1 Å². The Hall–Kier alpha value is -1.11. The summed E-state index contributed by atoms with van der Waals surface area (Å²) >= 11 is 5.84. The normalized spacial score (nSPS) is 13.8. The molecule has 0 spiro atoms. The van der Waals surface area contributed by atoms with Crippen LogP contribution in [0, 0.1) is 0 Å². The van der Waals surface area contributed by atoms with Crippen LogP contribution in [0.4, 0.5) is 5.69 Å². The minimum atomic E-state index is -1.55. The highest BCUT2D eigenvalue weighted by Gasteiger charge is 2.22. The summed E-state index contributed by atoms with van der Waals surface area (Å²) in [5, 5.41) is 2.36. The standard InChI is InChI=1S/C12H17ClN2O3S/c1-8(12(16)15-5-6-18-2)19(17)11-7-9(13)3-4-10(11)14/h3-4,7-8H,5-6,14H2,1-2H3,(H,15,16). The van der Waals surface area contributed by atoms with Gasteiger partial charge in [-0.1, -0.05) is 11.6 Å². The SMILES string of the molecule is COCCNC(=O)C(C)S(=O)c1cc(Cl)ccc1N. The zero-order valence-electron chi connectivity index (χ0n) is 10.8. The Morgan fingerprint density at radius 3 is 2.89 bits per heavy atom. The molecule has 0 saturated carbocycles. The molecule has 0 heterocycles. The number of carbonyl (C=O) groups is 1. The van der Waals surface area contributed by atoms with Gasteiger partial charge in [-0.15, -0.1) is 0 Å². The van der Waals surface area contributed by atoms with Crippen LogP contribution < -0.4 is 11.1 Å². The Morgan fingerprint density at radius 1 is 1.58 bits per heavy atom. The molecule has 19 heavy (non-hydrogen) atoms. The molecule has 0 aliphatic heterocycles. The minimum Gasteiger partial charge on any atom is -0.398 e. The molecule has 0 saturated heterocycles. The second-order valence-corrected chi connectivity index (χ2v) is 6.08. The number of nitrogen functional groups attached to an aromatic ring is 1. The van der Waals surface area contributed by atoms with Crippen LogP contribution in [0.2, 0.25) is 5.02 Å². The van der Waals surface area contributed by atoms with E-state index >= 15 is 0 Å². The fraction of sp³-hybridized carbons (Fsp3) is 0.417. The maximum atomic E-state index is 12.3. The lowest BCUT2D eigenvalue weighted by atomic mass is 10.3. The van der Waals surface area contributed by atoms with E-state index in [9.17, 15) is 9.00 Å². The van der Waals surface area contributed by atoms with E-state index in [1.807, 2.05) is 0 Å². The molecule has 0 radical (unpaired) electrons. The van der Waals surface area contributed by atoms with Gasteiger partial charge in [0.2, 0.25) is 5.91 Å². The van der Waals surface area contributed by atoms with E-state index in [4.69, 9.17) is 22.1 Å². The van der Waals surface area contributed by atoms with Crippen molar-refractivity contribution in [3.8, 4) is 0 Å². The summed E-state index contributed by atoms with van der Waals surface area (Å²) in [6.45, 7) is 2.37. The zero-order valence-corrected chi connectivity index (χ0v) is 12.4. The third-order valence-electron chi connectivity index (χ3n) is 2.49. The minimum absolute atomic E-state index is 0.310. The highest BCUT2D eigenvalue weighted by Crippen LogP contribution is 2.23. The molecule has 7 heteroatoms. The number of nitrogens with one attached hydrogen (secondary N) is 1. The third-order valence-corrected chi connectivity index (χ3v) is 4.37. The van der Waals surface area contributed by atoms with E-state index in [1.54, 1.807) is 26.2 Å². The molecule has 0 aliphatic carbocycles. The van der Waals surface area contributed by atoms with E-state index in [1.165, 1.54) is 6.07 Å². The zero-order chi connectivity index (χ0) is 14.4. The van der Waals surface area contributed by atoms with Crippen LogP contribution in [0.1, 0.15) is 6.92 Å². The number of rotatable bonds is 6. The van der Waals surface area contributed by atoms with Crippen molar-refractivity contribution in [1.82, 2.24) is 5.32 Å². The molecule has 106 valence electrons. The first-order valence-corrected chi connectivity index (χ1v) is 7.28. The van der Waals surface area contributed by atoms with Gasteiger partial charge in [-0.2, -0.15) is 0 Å². The van der Waals surface area contributed by atoms with Gasteiger partial charge >= 0.3 is 0 Å². The fourth-order valence-electron chi connectivity index (χ4n) is 1.39. The molecule has 1 rings (SSSR count). The highest BCUT2D eigenvalue weighted by atomic mass is 35.5. The molecule has 0 aliphatic rings. The van der Waals surface area contributed by atoms with Crippen LogP contribution in [0.25, 0.3) is 0 Å². The van der Waals surface area contributed by atoms with Gasteiger partial charge in [0.15, 0.2) is 0 Å². The van der Waals surface area contributed by atoms with Crippen molar-refractivity contribution in [2.24, 2.45) is 0 Å². The molecule has 3 N–H and O–H groups in total. The lowest BCUT2D eigenvalue weighted by Crippen LogP contribution is -2.37. The molecule has 0 fully saturated rings. The van der Waals surface area contributed by atoms with Gasteiger partial charge in [-0.25, -0.2) is 0 Å². The lowest BCUT2D eigenvalue weighted by Gasteiger charge is -2.13. The van der Waals surface area contributed by atoms with Crippen molar-refractivity contribution in [2.75, 3.05) is 26.0 Å². The van der Waals surface area contributed by atoms with Crippen LogP contribution in [-0.2, 0) is 20.3 Å². The summed E-state index contributed by atoms with van der Waals surface area (Å²) in [5.41, 5.74) is 6.11. The van der Waals surface area contributed by atoms with Crippen LogP contribution in [0.5, 0.6) is 0 Å². The molecule has 0 aromatic heterocycles. The van der Waals surface area contributed by atoms with Crippen molar-refractivity contribution in [3.05, 3.63) is 23.2 Å².